The van der Waals surface area contributed by atoms with Gasteiger partial charge in [-0.05, 0) is 24.6 Å². The molecule has 0 aliphatic rings. The van der Waals surface area contributed by atoms with Crippen LogP contribution in [-0.4, -0.2) is 15.0 Å². The van der Waals surface area contributed by atoms with Crippen molar-refractivity contribution in [1.29, 1.82) is 0 Å². The van der Waals surface area contributed by atoms with Crippen molar-refractivity contribution in [3.05, 3.63) is 35.2 Å². The van der Waals surface area contributed by atoms with Gasteiger partial charge in [0.2, 0.25) is 0 Å². The van der Waals surface area contributed by atoms with Crippen LogP contribution in [0.3, 0.4) is 0 Å². The van der Waals surface area contributed by atoms with Gasteiger partial charge in [-0.15, -0.1) is 5.10 Å². The molecule has 1 aromatic carbocycles. The van der Waals surface area contributed by atoms with Gasteiger partial charge in [-0.25, -0.2) is 9.07 Å². The molecule has 2 aromatic rings. The lowest BCUT2D eigenvalue weighted by Gasteiger charge is -2.08. The lowest BCUT2D eigenvalue weighted by atomic mass is 10.3. The average Bonchev–Trinajstić information content (AvgIpc) is 2.72. The molecule has 0 saturated heterocycles. The predicted octanol–water partition coefficient (Wildman–Crippen LogP) is 3.22. The molecule has 1 N–H and O–H groups in total. The number of halogens is 2. The summed E-state index contributed by atoms with van der Waals surface area (Å²) in [7, 11) is 0. The van der Waals surface area contributed by atoms with E-state index in [2.05, 4.69) is 22.6 Å². The van der Waals surface area contributed by atoms with Gasteiger partial charge >= 0.3 is 0 Å². The van der Waals surface area contributed by atoms with E-state index in [1.807, 2.05) is 0 Å². The van der Waals surface area contributed by atoms with E-state index in [1.165, 1.54) is 12.1 Å². The summed E-state index contributed by atoms with van der Waals surface area (Å²) in [6.45, 7) is 2.83. The maximum absolute atomic E-state index is 13.0. The Hall–Kier alpha value is -1.62. The lowest BCUT2D eigenvalue weighted by molar-refractivity contribution is 0.585. The third-order valence-electron chi connectivity index (χ3n) is 2.25. The van der Waals surface area contributed by atoms with Gasteiger partial charge in [0.15, 0.2) is 0 Å². The second-order valence-corrected chi connectivity index (χ2v) is 4.00. The molecule has 4 nitrogen and oxygen atoms in total. The number of nitrogens with one attached hydrogen (secondary N) is 1. The molecule has 0 saturated carbocycles. The third kappa shape index (κ3) is 2.74. The molecule has 0 spiro atoms. The van der Waals surface area contributed by atoms with E-state index in [1.54, 1.807) is 16.9 Å². The summed E-state index contributed by atoms with van der Waals surface area (Å²) in [5.41, 5.74) is 0.705. The molecule has 0 unspecified atom stereocenters. The van der Waals surface area contributed by atoms with Crippen LogP contribution in [-0.2, 0) is 6.54 Å². The van der Waals surface area contributed by atoms with Crippen molar-refractivity contribution in [1.82, 2.24) is 15.0 Å². The molecule has 0 amide bonds. The summed E-state index contributed by atoms with van der Waals surface area (Å²) in [6, 6.07) is 4.46. The normalized spacial score (nSPS) is 10.5. The quantitative estimate of drug-likeness (QED) is 0.911. The first-order chi connectivity index (χ1) is 8.20. The minimum Gasteiger partial charge on any atom is -0.339 e. The summed E-state index contributed by atoms with van der Waals surface area (Å²) >= 11 is 5.70. The molecule has 0 fully saturated rings. The predicted molar refractivity (Wildman–Crippen MR) is 65.0 cm³/mol. The van der Waals surface area contributed by atoms with E-state index in [0.29, 0.717) is 5.69 Å². The van der Waals surface area contributed by atoms with Crippen molar-refractivity contribution in [2.75, 3.05) is 5.32 Å². The Bertz CT molecular complexity index is 512. The van der Waals surface area contributed by atoms with Crippen LogP contribution in [0.4, 0.5) is 15.9 Å². The minimum absolute atomic E-state index is 0.0875. The SMILES string of the molecule is CCCn1nncc1Nc1ccc(F)c(Cl)c1. The van der Waals surface area contributed by atoms with Gasteiger partial charge < -0.3 is 5.32 Å². The first-order valence-corrected chi connectivity index (χ1v) is 5.69. The highest BCUT2D eigenvalue weighted by atomic mass is 35.5. The van der Waals surface area contributed by atoms with Gasteiger partial charge in [0.25, 0.3) is 0 Å². The number of rotatable bonds is 4. The second kappa shape index (κ2) is 5.14. The Kier molecular flexibility index (Phi) is 3.58. The number of aromatic nitrogens is 3. The standard InChI is InChI=1S/C11H12ClFN4/c1-2-5-17-11(7-14-16-17)15-8-3-4-10(13)9(12)6-8/h3-4,6-7,15H,2,5H2,1H3. The van der Waals surface area contributed by atoms with Crippen molar-refractivity contribution in [3.8, 4) is 0 Å². The molecular weight excluding hydrogens is 243 g/mol. The summed E-state index contributed by atoms with van der Waals surface area (Å²) in [5.74, 6) is 0.326. The Balaban J connectivity index is 2.19. The fourth-order valence-electron chi connectivity index (χ4n) is 1.45. The van der Waals surface area contributed by atoms with Gasteiger partial charge in [0.05, 0.1) is 11.2 Å². The van der Waals surface area contributed by atoms with Crippen LogP contribution in [0, 0.1) is 5.82 Å². The Morgan fingerprint density at radius 3 is 3.00 bits per heavy atom. The third-order valence-corrected chi connectivity index (χ3v) is 2.53. The number of hydrogen-bond donors (Lipinski definition) is 1. The molecule has 0 aliphatic heterocycles. The van der Waals surface area contributed by atoms with Crippen LogP contribution in [0.2, 0.25) is 5.02 Å². The zero-order valence-electron chi connectivity index (χ0n) is 9.32. The molecule has 17 heavy (non-hydrogen) atoms. The number of anilines is 2. The van der Waals surface area contributed by atoms with Crippen molar-refractivity contribution in [2.45, 2.75) is 19.9 Å². The van der Waals surface area contributed by atoms with E-state index in [9.17, 15) is 4.39 Å². The molecular formula is C11H12ClFN4. The number of aryl methyl sites for hydroxylation is 1. The number of benzene rings is 1. The van der Waals surface area contributed by atoms with E-state index in [-0.39, 0.29) is 5.02 Å². The van der Waals surface area contributed by atoms with Crippen LogP contribution >= 0.6 is 11.6 Å². The van der Waals surface area contributed by atoms with E-state index in [4.69, 9.17) is 11.6 Å². The molecule has 6 heteroatoms. The maximum Gasteiger partial charge on any atom is 0.149 e. The fourth-order valence-corrected chi connectivity index (χ4v) is 1.63. The van der Waals surface area contributed by atoms with Gasteiger partial charge in [-0.3, -0.25) is 0 Å². The minimum atomic E-state index is -0.433. The maximum atomic E-state index is 13.0. The van der Waals surface area contributed by atoms with Crippen molar-refractivity contribution < 1.29 is 4.39 Å². The number of hydrogen-bond acceptors (Lipinski definition) is 3. The van der Waals surface area contributed by atoms with Gasteiger partial charge in [-0.1, -0.05) is 23.7 Å². The van der Waals surface area contributed by atoms with Crippen LogP contribution in [0.25, 0.3) is 0 Å². The van der Waals surface area contributed by atoms with Crippen LogP contribution in [0.15, 0.2) is 24.4 Å². The fraction of sp³-hybridized carbons (Fsp3) is 0.273. The molecule has 0 radical (unpaired) electrons. The first kappa shape index (κ1) is 11.9. The Labute approximate surface area is 103 Å². The summed E-state index contributed by atoms with van der Waals surface area (Å²) in [6.07, 6.45) is 2.58. The van der Waals surface area contributed by atoms with E-state index in [0.717, 1.165) is 18.8 Å². The van der Waals surface area contributed by atoms with Crippen LogP contribution in [0.1, 0.15) is 13.3 Å². The average molecular weight is 255 g/mol. The van der Waals surface area contributed by atoms with Crippen LogP contribution in [0.5, 0.6) is 0 Å². The molecule has 2 rings (SSSR count). The lowest BCUT2D eigenvalue weighted by Crippen LogP contribution is -2.04. The molecule has 90 valence electrons. The van der Waals surface area contributed by atoms with Crippen molar-refractivity contribution in [2.24, 2.45) is 0 Å². The molecule has 0 aliphatic carbocycles. The van der Waals surface area contributed by atoms with Crippen LogP contribution < -0.4 is 5.32 Å². The zero-order chi connectivity index (χ0) is 12.3. The molecule has 0 atom stereocenters. The highest BCUT2D eigenvalue weighted by Gasteiger charge is 2.05. The summed E-state index contributed by atoms with van der Waals surface area (Å²) in [5, 5.41) is 10.9. The second-order valence-electron chi connectivity index (χ2n) is 3.60. The van der Waals surface area contributed by atoms with Gasteiger partial charge in [0.1, 0.15) is 11.6 Å². The Morgan fingerprint density at radius 1 is 1.47 bits per heavy atom. The highest BCUT2D eigenvalue weighted by Crippen LogP contribution is 2.22. The van der Waals surface area contributed by atoms with Gasteiger partial charge in [-0.2, -0.15) is 0 Å². The summed E-state index contributed by atoms with van der Waals surface area (Å²) in [4.78, 5) is 0. The van der Waals surface area contributed by atoms with E-state index >= 15 is 0 Å². The van der Waals surface area contributed by atoms with Crippen molar-refractivity contribution in [3.63, 3.8) is 0 Å². The monoisotopic (exact) mass is 254 g/mol. The first-order valence-electron chi connectivity index (χ1n) is 5.31. The van der Waals surface area contributed by atoms with E-state index < -0.39 is 5.82 Å². The molecule has 1 heterocycles. The topological polar surface area (TPSA) is 42.7 Å². The zero-order valence-corrected chi connectivity index (χ0v) is 10.1. The summed E-state index contributed by atoms with van der Waals surface area (Å²) < 4.78 is 14.7. The molecule has 0 bridgehead atoms. The highest BCUT2D eigenvalue weighted by molar-refractivity contribution is 6.31. The molecule has 1 aromatic heterocycles. The Morgan fingerprint density at radius 2 is 2.29 bits per heavy atom. The number of nitrogens with zero attached hydrogens (tertiary/aromatic N) is 3. The largest absolute Gasteiger partial charge is 0.339 e. The smallest absolute Gasteiger partial charge is 0.149 e. The van der Waals surface area contributed by atoms with Crippen molar-refractivity contribution >= 4 is 23.1 Å². The van der Waals surface area contributed by atoms with Gasteiger partial charge in [0, 0.05) is 12.2 Å².